The zero-order chi connectivity index (χ0) is 17.4. The van der Waals surface area contributed by atoms with Crippen molar-refractivity contribution < 1.29 is 4.79 Å². The van der Waals surface area contributed by atoms with Gasteiger partial charge in [-0.25, -0.2) is 0 Å². The Morgan fingerprint density at radius 3 is 2.76 bits per heavy atom. The van der Waals surface area contributed by atoms with Crippen LogP contribution in [-0.2, 0) is 17.8 Å². The topological polar surface area (TPSA) is 63.9 Å². The van der Waals surface area contributed by atoms with Gasteiger partial charge in [0.2, 0.25) is 5.82 Å². The molecular weight excluding hydrogens is 314 g/mol. The Hall–Kier alpha value is -3.02. The number of fused-ring (bicyclic) bond motifs is 1. The average Bonchev–Trinajstić information content (AvgIpc) is 3.18. The van der Waals surface area contributed by atoms with E-state index in [-0.39, 0.29) is 18.5 Å². The fraction of sp³-hybridized carbons (Fsp3) is 0.263. The number of benzene rings is 2. The van der Waals surface area contributed by atoms with E-state index in [4.69, 9.17) is 0 Å². The van der Waals surface area contributed by atoms with Crippen LogP contribution in [0.25, 0.3) is 11.4 Å². The SMILES string of the molecule is Cc1ccccc1-c1nnn(CC(=O)N2c3ccccc3C[C@@H]2C)n1. The van der Waals surface area contributed by atoms with Gasteiger partial charge in [-0.15, -0.1) is 10.2 Å². The molecule has 1 aromatic heterocycles. The Morgan fingerprint density at radius 1 is 1.16 bits per heavy atom. The third-order valence-corrected chi connectivity index (χ3v) is 4.59. The number of aryl methyl sites for hydroxylation is 1. The van der Waals surface area contributed by atoms with Crippen LogP contribution in [0.5, 0.6) is 0 Å². The molecule has 0 aliphatic carbocycles. The van der Waals surface area contributed by atoms with Gasteiger partial charge in [0.1, 0.15) is 6.54 Å². The van der Waals surface area contributed by atoms with E-state index in [1.54, 1.807) is 0 Å². The number of hydrogen-bond acceptors (Lipinski definition) is 4. The van der Waals surface area contributed by atoms with Gasteiger partial charge >= 0.3 is 0 Å². The van der Waals surface area contributed by atoms with Crippen molar-refractivity contribution in [2.45, 2.75) is 32.9 Å². The number of aromatic nitrogens is 4. The highest BCUT2D eigenvalue weighted by Gasteiger charge is 2.30. The minimum Gasteiger partial charge on any atom is -0.307 e. The van der Waals surface area contributed by atoms with E-state index >= 15 is 0 Å². The number of anilines is 1. The van der Waals surface area contributed by atoms with E-state index in [9.17, 15) is 4.79 Å². The standard InChI is InChI=1S/C19H19N5O/c1-13-7-3-5-9-16(13)19-20-22-23(21-19)12-18(25)24-14(2)11-15-8-4-6-10-17(15)24/h3-10,14H,11-12H2,1-2H3/t14-/m0/s1. The van der Waals surface area contributed by atoms with Crippen LogP contribution in [0.15, 0.2) is 48.5 Å². The first-order chi connectivity index (χ1) is 12.1. The molecule has 1 atom stereocenters. The molecule has 1 aliphatic rings. The predicted molar refractivity (Wildman–Crippen MR) is 95.1 cm³/mol. The first kappa shape index (κ1) is 15.5. The van der Waals surface area contributed by atoms with Gasteiger partial charge in [0.15, 0.2) is 0 Å². The lowest BCUT2D eigenvalue weighted by Gasteiger charge is -2.22. The molecule has 6 nitrogen and oxygen atoms in total. The molecule has 126 valence electrons. The molecule has 3 aromatic rings. The molecule has 0 unspecified atom stereocenters. The smallest absolute Gasteiger partial charge is 0.250 e. The van der Waals surface area contributed by atoms with Crippen LogP contribution in [-0.4, -0.2) is 32.2 Å². The molecule has 0 saturated carbocycles. The van der Waals surface area contributed by atoms with Gasteiger partial charge in [0.25, 0.3) is 5.91 Å². The number of rotatable bonds is 3. The van der Waals surface area contributed by atoms with Crippen molar-refractivity contribution in [1.82, 2.24) is 20.2 Å². The van der Waals surface area contributed by atoms with Crippen LogP contribution in [0.1, 0.15) is 18.1 Å². The molecule has 2 aromatic carbocycles. The molecule has 4 rings (SSSR count). The Bertz CT molecular complexity index is 933. The van der Waals surface area contributed by atoms with Crippen molar-refractivity contribution in [1.29, 1.82) is 0 Å². The van der Waals surface area contributed by atoms with Crippen LogP contribution in [0.4, 0.5) is 5.69 Å². The van der Waals surface area contributed by atoms with Gasteiger partial charge in [-0.2, -0.15) is 4.80 Å². The summed E-state index contributed by atoms with van der Waals surface area (Å²) in [5.74, 6) is 0.520. The maximum atomic E-state index is 12.8. The van der Waals surface area contributed by atoms with E-state index in [2.05, 4.69) is 28.4 Å². The second kappa shape index (κ2) is 6.12. The summed E-state index contributed by atoms with van der Waals surface area (Å²) in [7, 11) is 0. The van der Waals surface area contributed by atoms with Crippen molar-refractivity contribution >= 4 is 11.6 Å². The highest BCUT2D eigenvalue weighted by Crippen LogP contribution is 2.31. The zero-order valence-electron chi connectivity index (χ0n) is 14.3. The fourth-order valence-corrected chi connectivity index (χ4v) is 3.38. The molecule has 0 bridgehead atoms. The monoisotopic (exact) mass is 333 g/mol. The maximum absolute atomic E-state index is 12.8. The Balaban J connectivity index is 1.56. The average molecular weight is 333 g/mol. The second-order valence-corrected chi connectivity index (χ2v) is 6.40. The van der Waals surface area contributed by atoms with E-state index < -0.39 is 0 Å². The molecule has 0 spiro atoms. The molecule has 25 heavy (non-hydrogen) atoms. The van der Waals surface area contributed by atoms with Crippen LogP contribution >= 0.6 is 0 Å². The molecule has 2 heterocycles. The quantitative estimate of drug-likeness (QED) is 0.739. The highest BCUT2D eigenvalue weighted by atomic mass is 16.2. The third-order valence-electron chi connectivity index (χ3n) is 4.59. The highest BCUT2D eigenvalue weighted by molar-refractivity contribution is 5.95. The van der Waals surface area contributed by atoms with Crippen molar-refractivity contribution in [3.05, 3.63) is 59.7 Å². The summed E-state index contributed by atoms with van der Waals surface area (Å²) in [6.45, 7) is 4.15. The van der Waals surface area contributed by atoms with E-state index in [0.717, 1.165) is 23.2 Å². The molecule has 0 radical (unpaired) electrons. The number of hydrogen-bond donors (Lipinski definition) is 0. The molecule has 1 aliphatic heterocycles. The summed E-state index contributed by atoms with van der Waals surface area (Å²) in [6, 6.07) is 16.0. The summed E-state index contributed by atoms with van der Waals surface area (Å²) in [5, 5.41) is 12.5. The first-order valence-electron chi connectivity index (χ1n) is 8.37. The van der Waals surface area contributed by atoms with Crippen molar-refractivity contribution in [2.24, 2.45) is 0 Å². The van der Waals surface area contributed by atoms with Gasteiger partial charge in [-0.3, -0.25) is 4.79 Å². The number of para-hydroxylation sites is 1. The molecule has 0 saturated heterocycles. The lowest BCUT2D eigenvalue weighted by molar-refractivity contribution is -0.119. The van der Waals surface area contributed by atoms with Gasteiger partial charge in [0, 0.05) is 17.3 Å². The van der Waals surface area contributed by atoms with Gasteiger partial charge in [-0.05, 0) is 42.7 Å². The Labute approximate surface area is 146 Å². The molecule has 6 heteroatoms. The number of carbonyl (C=O) groups excluding carboxylic acids is 1. The van der Waals surface area contributed by atoms with E-state index in [0.29, 0.717) is 5.82 Å². The summed E-state index contributed by atoms with van der Waals surface area (Å²) in [5.41, 5.74) is 4.20. The minimum absolute atomic E-state index is 0.0221. The molecule has 0 fully saturated rings. The van der Waals surface area contributed by atoms with Crippen molar-refractivity contribution in [3.8, 4) is 11.4 Å². The first-order valence-corrected chi connectivity index (χ1v) is 8.37. The molecule has 0 N–H and O–H groups in total. The lowest BCUT2D eigenvalue weighted by Crippen LogP contribution is -2.38. The molecule has 1 amide bonds. The number of nitrogens with zero attached hydrogens (tertiary/aromatic N) is 5. The second-order valence-electron chi connectivity index (χ2n) is 6.40. The molecular formula is C19H19N5O. The summed E-state index contributed by atoms with van der Waals surface area (Å²) in [4.78, 5) is 16.0. The fourth-order valence-electron chi connectivity index (χ4n) is 3.38. The van der Waals surface area contributed by atoms with Crippen LogP contribution in [0.3, 0.4) is 0 Å². The number of tetrazole rings is 1. The summed E-state index contributed by atoms with van der Waals surface area (Å²) >= 11 is 0. The minimum atomic E-state index is -0.0221. The van der Waals surface area contributed by atoms with Crippen LogP contribution in [0, 0.1) is 6.92 Å². The Morgan fingerprint density at radius 2 is 1.92 bits per heavy atom. The van der Waals surface area contributed by atoms with Gasteiger partial charge in [-0.1, -0.05) is 42.5 Å². The number of amides is 1. The summed E-state index contributed by atoms with van der Waals surface area (Å²) < 4.78 is 0. The van der Waals surface area contributed by atoms with Crippen molar-refractivity contribution in [2.75, 3.05) is 4.90 Å². The lowest BCUT2D eigenvalue weighted by atomic mass is 10.1. The summed E-state index contributed by atoms with van der Waals surface area (Å²) in [6.07, 6.45) is 0.876. The van der Waals surface area contributed by atoms with Gasteiger partial charge in [0.05, 0.1) is 0 Å². The third kappa shape index (κ3) is 2.80. The largest absolute Gasteiger partial charge is 0.307 e. The van der Waals surface area contributed by atoms with E-state index in [1.165, 1.54) is 10.4 Å². The van der Waals surface area contributed by atoms with Crippen LogP contribution < -0.4 is 4.90 Å². The number of carbonyl (C=O) groups is 1. The predicted octanol–water partition coefficient (Wildman–Crippen LogP) is 2.63. The van der Waals surface area contributed by atoms with Gasteiger partial charge < -0.3 is 4.90 Å². The van der Waals surface area contributed by atoms with Crippen molar-refractivity contribution in [3.63, 3.8) is 0 Å². The maximum Gasteiger partial charge on any atom is 0.250 e. The normalized spacial score (nSPS) is 16.1. The Kier molecular flexibility index (Phi) is 3.80. The van der Waals surface area contributed by atoms with E-state index in [1.807, 2.05) is 54.3 Å². The van der Waals surface area contributed by atoms with Crippen LogP contribution in [0.2, 0.25) is 0 Å². The zero-order valence-corrected chi connectivity index (χ0v) is 14.3.